The van der Waals surface area contributed by atoms with Crippen LogP contribution in [0.5, 0.6) is 17.2 Å². The molecule has 2 aromatic rings. The fraction of sp³-hybridized carbons (Fsp3) is 0.409. The molecule has 7 heteroatoms. The van der Waals surface area contributed by atoms with Gasteiger partial charge in [0, 0.05) is 19.6 Å². The van der Waals surface area contributed by atoms with E-state index in [1.54, 1.807) is 0 Å². The Morgan fingerprint density at radius 2 is 1.86 bits per heavy atom. The summed E-state index contributed by atoms with van der Waals surface area (Å²) in [5, 5.41) is 3.01. The third kappa shape index (κ3) is 4.99. The number of fused-ring (bicyclic) bond motifs is 1. The third-order valence-electron chi connectivity index (χ3n) is 5.15. The first-order chi connectivity index (χ1) is 14.2. The number of carbonyl (C=O) groups excluding carboxylic acids is 1. The predicted octanol–water partition coefficient (Wildman–Crippen LogP) is 2.29. The highest BCUT2D eigenvalue weighted by Gasteiger charge is 2.25. The average Bonchev–Trinajstić information content (AvgIpc) is 3.22. The number of ether oxygens (including phenoxy) is 4. The molecule has 29 heavy (non-hydrogen) atoms. The molecular weight excluding hydrogens is 372 g/mol. The lowest BCUT2D eigenvalue weighted by Crippen LogP contribution is -2.44. The molecular formula is C22H26N2O5. The van der Waals surface area contributed by atoms with Crippen molar-refractivity contribution in [3.63, 3.8) is 0 Å². The topological polar surface area (TPSA) is 69.3 Å². The Bertz CT molecular complexity index is 834. The molecule has 2 heterocycles. The minimum absolute atomic E-state index is 0.0139. The third-order valence-corrected chi connectivity index (χ3v) is 5.15. The number of nitrogens with one attached hydrogen (secondary N) is 1. The minimum atomic E-state index is -0.149. The Balaban J connectivity index is 1.38. The number of hydrogen-bond donors (Lipinski definition) is 1. The molecule has 2 aliphatic heterocycles. The largest absolute Gasteiger partial charge is 0.484 e. The van der Waals surface area contributed by atoms with Gasteiger partial charge in [-0.2, -0.15) is 0 Å². The van der Waals surface area contributed by atoms with Gasteiger partial charge in [0.2, 0.25) is 6.79 Å². The van der Waals surface area contributed by atoms with Crippen LogP contribution in [0.1, 0.15) is 17.2 Å². The molecule has 154 valence electrons. The number of rotatable bonds is 7. The van der Waals surface area contributed by atoms with Gasteiger partial charge in [-0.3, -0.25) is 9.69 Å². The fourth-order valence-electron chi connectivity index (χ4n) is 3.51. The van der Waals surface area contributed by atoms with E-state index in [1.165, 1.54) is 0 Å². The van der Waals surface area contributed by atoms with Crippen molar-refractivity contribution in [3.05, 3.63) is 53.6 Å². The predicted molar refractivity (Wildman–Crippen MR) is 107 cm³/mol. The minimum Gasteiger partial charge on any atom is -0.484 e. The smallest absolute Gasteiger partial charge is 0.258 e. The lowest BCUT2D eigenvalue weighted by Gasteiger charge is -2.35. The number of morpholine rings is 1. The van der Waals surface area contributed by atoms with Crippen molar-refractivity contribution >= 4 is 5.91 Å². The van der Waals surface area contributed by atoms with Gasteiger partial charge >= 0.3 is 0 Å². The summed E-state index contributed by atoms with van der Waals surface area (Å²) in [6.07, 6.45) is 0. The van der Waals surface area contributed by atoms with Gasteiger partial charge in [-0.1, -0.05) is 23.8 Å². The number of benzene rings is 2. The van der Waals surface area contributed by atoms with E-state index in [0.29, 0.717) is 25.5 Å². The highest BCUT2D eigenvalue weighted by molar-refractivity contribution is 5.77. The van der Waals surface area contributed by atoms with Crippen LogP contribution in [0.4, 0.5) is 0 Å². The van der Waals surface area contributed by atoms with Crippen LogP contribution < -0.4 is 19.5 Å². The van der Waals surface area contributed by atoms with E-state index in [0.717, 1.165) is 35.7 Å². The summed E-state index contributed by atoms with van der Waals surface area (Å²) in [7, 11) is 0. The second-order valence-electron chi connectivity index (χ2n) is 7.18. The Morgan fingerprint density at radius 1 is 1.10 bits per heavy atom. The molecule has 2 aromatic carbocycles. The molecule has 0 aromatic heterocycles. The first-order valence-electron chi connectivity index (χ1n) is 9.86. The second-order valence-corrected chi connectivity index (χ2v) is 7.18. The van der Waals surface area contributed by atoms with Crippen LogP contribution >= 0.6 is 0 Å². The van der Waals surface area contributed by atoms with E-state index in [2.05, 4.69) is 10.2 Å². The van der Waals surface area contributed by atoms with E-state index < -0.39 is 0 Å². The summed E-state index contributed by atoms with van der Waals surface area (Å²) in [4.78, 5) is 14.7. The highest BCUT2D eigenvalue weighted by atomic mass is 16.7. The van der Waals surface area contributed by atoms with Crippen LogP contribution in [0.3, 0.4) is 0 Å². The average molecular weight is 398 g/mol. The summed E-state index contributed by atoms with van der Waals surface area (Å²) in [5.41, 5.74) is 2.23. The summed E-state index contributed by atoms with van der Waals surface area (Å²) in [6, 6.07) is 13.6. The van der Waals surface area contributed by atoms with Gasteiger partial charge in [-0.15, -0.1) is 0 Å². The van der Waals surface area contributed by atoms with Gasteiger partial charge in [-0.25, -0.2) is 0 Å². The van der Waals surface area contributed by atoms with Crippen molar-refractivity contribution < 1.29 is 23.7 Å². The SMILES string of the molecule is Cc1ccc(OCC(=O)NCC(c2ccc3c(c2)OCO3)N2CCOCC2)cc1. The van der Waals surface area contributed by atoms with Crippen LogP contribution in [0, 0.1) is 6.92 Å². The number of nitrogens with zero attached hydrogens (tertiary/aromatic N) is 1. The number of aryl methyl sites for hydroxylation is 1. The molecule has 1 atom stereocenters. The molecule has 7 nitrogen and oxygen atoms in total. The van der Waals surface area contributed by atoms with Crippen molar-refractivity contribution in [2.24, 2.45) is 0 Å². The summed E-state index contributed by atoms with van der Waals surface area (Å²) in [6.45, 7) is 5.73. The molecule has 0 spiro atoms. The monoisotopic (exact) mass is 398 g/mol. The van der Waals surface area contributed by atoms with Gasteiger partial charge in [-0.05, 0) is 36.8 Å². The van der Waals surface area contributed by atoms with Crippen LogP contribution in [0.2, 0.25) is 0 Å². The first kappa shape index (κ1) is 19.5. The van der Waals surface area contributed by atoms with Crippen molar-refractivity contribution in [2.75, 3.05) is 46.2 Å². The van der Waals surface area contributed by atoms with Crippen LogP contribution in [-0.2, 0) is 9.53 Å². The number of amides is 1. The normalized spacial score (nSPS) is 17.0. The zero-order valence-corrected chi connectivity index (χ0v) is 16.6. The van der Waals surface area contributed by atoms with E-state index in [1.807, 2.05) is 49.4 Å². The lowest BCUT2D eigenvalue weighted by atomic mass is 10.0. The molecule has 0 radical (unpaired) electrons. The molecule has 1 saturated heterocycles. The zero-order valence-electron chi connectivity index (χ0n) is 16.6. The maximum Gasteiger partial charge on any atom is 0.258 e. The van der Waals surface area contributed by atoms with Gasteiger partial charge in [0.15, 0.2) is 18.1 Å². The Morgan fingerprint density at radius 3 is 2.66 bits per heavy atom. The van der Waals surface area contributed by atoms with E-state index >= 15 is 0 Å². The molecule has 1 N–H and O–H groups in total. The van der Waals surface area contributed by atoms with Crippen molar-refractivity contribution in [1.82, 2.24) is 10.2 Å². The van der Waals surface area contributed by atoms with Gasteiger partial charge in [0.1, 0.15) is 5.75 Å². The maximum absolute atomic E-state index is 12.4. The Hall–Kier alpha value is -2.77. The van der Waals surface area contributed by atoms with Crippen molar-refractivity contribution in [1.29, 1.82) is 0 Å². The number of hydrogen-bond acceptors (Lipinski definition) is 6. The van der Waals surface area contributed by atoms with Crippen LogP contribution in [-0.4, -0.2) is 57.1 Å². The summed E-state index contributed by atoms with van der Waals surface area (Å²) >= 11 is 0. The first-order valence-corrected chi connectivity index (χ1v) is 9.86. The van der Waals surface area contributed by atoms with E-state index in [-0.39, 0.29) is 25.3 Å². The molecule has 2 aliphatic rings. The zero-order chi connectivity index (χ0) is 20.1. The van der Waals surface area contributed by atoms with E-state index in [9.17, 15) is 4.79 Å². The molecule has 1 fully saturated rings. The maximum atomic E-state index is 12.4. The Kier molecular flexibility index (Phi) is 6.17. The Labute approximate surface area is 170 Å². The quantitative estimate of drug-likeness (QED) is 0.772. The van der Waals surface area contributed by atoms with Gasteiger partial charge in [0.25, 0.3) is 5.91 Å². The van der Waals surface area contributed by atoms with Crippen molar-refractivity contribution in [2.45, 2.75) is 13.0 Å². The molecule has 4 rings (SSSR count). The number of carbonyl (C=O) groups is 1. The summed E-state index contributed by atoms with van der Waals surface area (Å²) < 4.78 is 22.0. The highest BCUT2D eigenvalue weighted by Crippen LogP contribution is 2.35. The summed E-state index contributed by atoms with van der Waals surface area (Å²) in [5.74, 6) is 2.04. The molecule has 0 saturated carbocycles. The van der Waals surface area contributed by atoms with E-state index in [4.69, 9.17) is 18.9 Å². The molecule has 1 unspecified atom stereocenters. The molecule has 0 aliphatic carbocycles. The van der Waals surface area contributed by atoms with Crippen LogP contribution in [0.25, 0.3) is 0 Å². The van der Waals surface area contributed by atoms with Gasteiger partial charge < -0.3 is 24.3 Å². The lowest BCUT2D eigenvalue weighted by molar-refractivity contribution is -0.123. The van der Waals surface area contributed by atoms with Crippen LogP contribution in [0.15, 0.2) is 42.5 Å². The fourth-order valence-corrected chi connectivity index (χ4v) is 3.51. The molecule has 0 bridgehead atoms. The van der Waals surface area contributed by atoms with Gasteiger partial charge in [0.05, 0.1) is 19.3 Å². The van der Waals surface area contributed by atoms with Crippen molar-refractivity contribution in [3.8, 4) is 17.2 Å². The standard InChI is InChI=1S/C22H26N2O5/c1-16-2-5-18(6-3-16)27-14-22(25)23-13-19(24-8-10-26-11-9-24)17-4-7-20-21(12-17)29-15-28-20/h2-7,12,19H,8-11,13-15H2,1H3,(H,23,25). The molecule has 1 amide bonds. The second kappa shape index (κ2) is 9.15.